The average molecular weight is 461 g/mol. The second-order valence-corrected chi connectivity index (χ2v) is 8.34. The summed E-state index contributed by atoms with van der Waals surface area (Å²) < 4.78 is 0.768. The van der Waals surface area contributed by atoms with Crippen molar-refractivity contribution >= 4 is 55.9 Å². The topological polar surface area (TPSA) is 96.7 Å². The van der Waals surface area contributed by atoms with Crippen LogP contribution in [-0.2, 0) is 4.79 Å². The molecule has 2 aliphatic rings. The highest BCUT2D eigenvalue weighted by molar-refractivity contribution is 9.10. The number of hydrogen-bond acceptors (Lipinski definition) is 4. The molecule has 8 heteroatoms. The van der Waals surface area contributed by atoms with Crippen molar-refractivity contribution in [2.75, 3.05) is 5.32 Å². The van der Waals surface area contributed by atoms with E-state index in [1.165, 1.54) is 0 Å². The highest BCUT2D eigenvalue weighted by Crippen LogP contribution is 2.46. The number of rotatable bonds is 6. The summed E-state index contributed by atoms with van der Waals surface area (Å²) in [7, 11) is 0. The van der Waals surface area contributed by atoms with E-state index in [0.717, 1.165) is 16.6 Å². The number of nitrogens with zero attached hydrogens (tertiary/aromatic N) is 2. The summed E-state index contributed by atoms with van der Waals surface area (Å²) in [6, 6.07) is -0.0765. The van der Waals surface area contributed by atoms with E-state index in [9.17, 15) is 4.79 Å². The molecule has 4 atom stereocenters. The normalized spacial score (nSPS) is 26.0. The minimum atomic E-state index is -0.282. The van der Waals surface area contributed by atoms with Crippen molar-refractivity contribution in [1.29, 1.82) is 0 Å². The number of nitrogens with one attached hydrogen (secondary N) is 2. The van der Waals surface area contributed by atoms with E-state index < -0.39 is 0 Å². The Morgan fingerprint density at radius 3 is 2.86 bits per heavy atom. The molecule has 2 heterocycles. The number of aromatic nitrogens is 3. The van der Waals surface area contributed by atoms with Crippen molar-refractivity contribution in [3.63, 3.8) is 0 Å². The summed E-state index contributed by atoms with van der Waals surface area (Å²) in [5.74, 6) is 0.471. The Hall–Kier alpha value is -2.38. The van der Waals surface area contributed by atoms with Crippen LogP contribution in [0, 0.1) is 17.8 Å². The van der Waals surface area contributed by atoms with Crippen molar-refractivity contribution in [3.05, 3.63) is 59.0 Å². The highest BCUT2D eigenvalue weighted by Gasteiger charge is 2.47. The number of imidazole rings is 1. The van der Waals surface area contributed by atoms with Gasteiger partial charge in [-0.3, -0.25) is 4.79 Å². The lowest BCUT2D eigenvalue weighted by molar-refractivity contribution is -0.122. The zero-order valence-electron chi connectivity index (χ0n) is 15.0. The molecule has 144 valence electrons. The molecule has 2 bridgehead atoms. The Bertz CT molecular complexity index is 1060. The van der Waals surface area contributed by atoms with Crippen LogP contribution in [0.5, 0.6) is 0 Å². The Morgan fingerprint density at radius 1 is 1.43 bits per heavy atom. The van der Waals surface area contributed by atoms with Crippen molar-refractivity contribution in [2.45, 2.75) is 12.5 Å². The summed E-state index contributed by atoms with van der Waals surface area (Å²) in [5, 5.41) is 3.87. The summed E-state index contributed by atoms with van der Waals surface area (Å²) in [6.45, 7) is 7.49. The first-order chi connectivity index (χ1) is 13.4. The Labute approximate surface area is 175 Å². The Kier molecular flexibility index (Phi) is 4.89. The van der Waals surface area contributed by atoms with E-state index in [-0.39, 0.29) is 29.7 Å². The molecule has 2 aromatic heterocycles. The largest absolute Gasteiger partial charge is 0.378 e. The first kappa shape index (κ1) is 19.0. The highest BCUT2D eigenvalue weighted by atomic mass is 79.9. The minimum absolute atomic E-state index is 0.0765. The summed E-state index contributed by atoms with van der Waals surface area (Å²) >= 11 is 9.67. The van der Waals surface area contributed by atoms with E-state index in [1.54, 1.807) is 18.3 Å². The van der Waals surface area contributed by atoms with Gasteiger partial charge in [-0.05, 0) is 34.2 Å². The molecular weight excluding hydrogens is 442 g/mol. The van der Waals surface area contributed by atoms with Gasteiger partial charge in [-0.25, -0.2) is 9.97 Å². The van der Waals surface area contributed by atoms with Gasteiger partial charge in [-0.2, -0.15) is 0 Å². The van der Waals surface area contributed by atoms with Gasteiger partial charge in [-0.15, -0.1) is 0 Å². The Balaban J connectivity index is 1.77. The van der Waals surface area contributed by atoms with Gasteiger partial charge in [0.2, 0.25) is 5.91 Å². The SMILES string of the molecule is C=C/C=C(\C(=C)Cl)c1nc2ncc(Br)c(NC3C4C=CC(C4)C3C(N)=O)c2[nH]1. The quantitative estimate of drug-likeness (QED) is 0.446. The lowest BCUT2D eigenvalue weighted by Crippen LogP contribution is -2.41. The van der Waals surface area contributed by atoms with E-state index in [4.69, 9.17) is 17.3 Å². The fourth-order valence-electron chi connectivity index (χ4n) is 4.19. The summed E-state index contributed by atoms with van der Waals surface area (Å²) in [5.41, 5.74) is 8.36. The number of pyridine rings is 1. The number of fused-ring (bicyclic) bond motifs is 3. The van der Waals surface area contributed by atoms with Crippen molar-refractivity contribution < 1.29 is 4.79 Å². The van der Waals surface area contributed by atoms with Crippen LogP contribution in [0.4, 0.5) is 5.69 Å². The van der Waals surface area contributed by atoms with Crippen LogP contribution in [0.25, 0.3) is 16.7 Å². The van der Waals surface area contributed by atoms with Gasteiger partial charge in [0.05, 0.1) is 16.1 Å². The maximum Gasteiger partial charge on any atom is 0.223 e. The first-order valence-electron chi connectivity index (χ1n) is 8.87. The fourth-order valence-corrected chi connectivity index (χ4v) is 4.76. The number of allylic oxidation sites excluding steroid dienone is 5. The third-order valence-corrected chi connectivity index (χ3v) is 6.21. The first-order valence-corrected chi connectivity index (χ1v) is 10.0. The third kappa shape index (κ3) is 3.08. The molecule has 0 saturated heterocycles. The zero-order chi connectivity index (χ0) is 20.0. The summed E-state index contributed by atoms with van der Waals surface area (Å²) in [4.78, 5) is 24.2. The monoisotopic (exact) mass is 459 g/mol. The maximum atomic E-state index is 12.0. The third-order valence-electron chi connectivity index (χ3n) is 5.40. The molecule has 1 fully saturated rings. The van der Waals surface area contributed by atoms with E-state index in [1.807, 2.05) is 0 Å². The van der Waals surface area contributed by atoms with Crippen LogP contribution < -0.4 is 11.1 Å². The molecule has 1 saturated carbocycles. The number of amides is 1. The molecule has 28 heavy (non-hydrogen) atoms. The van der Waals surface area contributed by atoms with Gasteiger partial charge < -0.3 is 16.0 Å². The van der Waals surface area contributed by atoms with Crippen LogP contribution in [-0.4, -0.2) is 26.9 Å². The zero-order valence-corrected chi connectivity index (χ0v) is 17.3. The summed E-state index contributed by atoms with van der Waals surface area (Å²) in [6.07, 6.45) is 10.2. The van der Waals surface area contributed by atoms with Crippen LogP contribution in [0.1, 0.15) is 12.2 Å². The number of halogens is 2. The number of carbonyl (C=O) groups is 1. The second-order valence-electron chi connectivity index (χ2n) is 7.03. The predicted octanol–water partition coefficient (Wildman–Crippen LogP) is 4.13. The second kappa shape index (κ2) is 7.22. The number of aromatic amines is 1. The van der Waals surface area contributed by atoms with E-state index in [2.05, 4.69) is 61.5 Å². The van der Waals surface area contributed by atoms with Gasteiger partial charge in [0.15, 0.2) is 5.65 Å². The molecule has 0 radical (unpaired) electrons. The van der Waals surface area contributed by atoms with Crippen molar-refractivity contribution in [3.8, 4) is 0 Å². The standard InChI is InChI=1S/C20H19BrClN5O/c1-3-4-12(9(2)22)19-26-17-16(13(21)8-24-20(17)27-19)25-15-11-6-5-10(7-11)14(15)18(23)28/h3-6,8,10-11,14-15H,1-2,7H2,(H2,23,28)(H2,24,25,26,27)/b12-4+. The van der Waals surface area contributed by atoms with Crippen LogP contribution >= 0.6 is 27.5 Å². The van der Waals surface area contributed by atoms with Crippen LogP contribution in [0.3, 0.4) is 0 Å². The van der Waals surface area contributed by atoms with Gasteiger partial charge in [0.1, 0.15) is 11.3 Å². The molecule has 0 aliphatic heterocycles. The molecule has 2 aromatic rings. The van der Waals surface area contributed by atoms with E-state index in [0.29, 0.717) is 27.6 Å². The number of nitrogens with two attached hydrogens (primary N) is 1. The van der Waals surface area contributed by atoms with Gasteiger partial charge in [-0.1, -0.05) is 49.1 Å². The molecule has 6 nitrogen and oxygen atoms in total. The number of H-pyrrole nitrogens is 1. The average Bonchev–Trinajstić information content (AvgIpc) is 3.35. The van der Waals surface area contributed by atoms with Crippen LogP contribution in [0.2, 0.25) is 0 Å². The molecular formula is C20H19BrClN5O. The number of carbonyl (C=O) groups excluding carboxylic acids is 1. The molecule has 0 spiro atoms. The van der Waals surface area contributed by atoms with Gasteiger partial charge in [0, 0.05) is 22.8 Å². The van der Waals surface area contributed by atoms with Crippen molar-refractivity contribution in [1.82, 2.24) is 15.0 Å². The molecule has 1 amide bonds. The molecule has 2 aliphatic carbocycles. The molecule has 4 rings (SSSR count). The lowest BCUT2D eigenvalue weighted by atomic mass is 9.88. The number of anilines is 1. The maximum absolute atomic E-state index is 12.0. The smallest absolute Gasteiger partial charge is 0.223 e. The number of primary amides is 1. The van der Waals surface area contributed by atoms with Gasteiger partial charge in [0.25, 0.3) is 0 Å². The molecule has 4 unspecified atom stereocenters. The molecule has 4 N–H and O–H groups in total. The minimum Gasteiger partial charge on any atom is -0.378 e. The predicted molar refractivity (Wildman–Crippen MR) is 116 cm³/mol. The number of hydrogen-bond donors (Lipinski definition) is 3. The lowest BCUT2D eigenvalue weighted by Gasteiger charge is -2.28. The van der Waals surface area contributed by atoms with Crippen molar-refractivity contribution in [2.24, 2.45) is 23.5 Å². The van der Waals surface area contributed by atoms with E-state index >= 15 is 0 Å². The Morgan fingerprint density at radius 2 is 2.18 bits per heavy atom. The molecule has 0 aromatic carbocycles. The fraction of sp³-hybridized carbons (Fsp3) is 0.250. The van der Waals surface area contributed by atoms with Gasteiger partial charge >= 0.3 is 0 Å². The van der Waals surface area contributed by atoms with Crippen LogP contribution in [0.15, 0.2) is 53.2 Å².